The fraction of sp³-hybridized carbons (Fsp3) is 0.435. The van der Waals surface area contributed by atoms with Crippen LogP contribution in [0.15, 0.2) is 29.0 Å². The molecule has 2 heterocycles. The van der Waals surface area contributed by atoms with E-state index >= 15 is 0 Å². The lowest BCUT2D eigenvalue weighted by atomic mass is 9.68. The third kappa shape index (κ3) is 5.25. The molecule has 0 unspecified atom stereocenters. The Balaban J connectivity index is 1.36. The van der Waals surface area contributed by atoms with Crippen molar-refractivity contribution in [2.45, 2.75) is 51.4 Å². The Labute approximate surface area is 197 Å². The first-order valence-electron chi connectivity index (χ1n) is 11.1. The van der Waals surface area contributed by atoms with Gasteiger partial charge in [0, 0.05) is 18.0 Å². The van der Waals surface area contributed by atoms with Gasteiger partial charge in [0.05, 0.1) is 12.4 Å². The minimum Gasteiger partial charge on any atom is -0.503 e. The maximum Gasteiger partial charge on any atom is 0.281 e. The molecule has 1 aliphatic carbocycles. The number of carbonyl (C=O) groups excluding carboxylic acids is 1. The number of phenolic OH excluding ortho intramolecular Hbond substituents is 1. The summed E-state index contributed by atoms with van der Waals surface area (Å²) in [6.45, 7) is 2.34. The number of rotatable bonds is 7. The molecule has 0 radical (unpaired) electrons. The molecule has 0 bridgehead atoms. The smallest absolute Gasteiger partial charge is 0.281 e. The largest absolute Gasteiger partial charge is 0.503 e. The molecular weight excluding hydrogens is 470 g/mol. The van der Waals surface area contributed by atoms with Crippen molar-refractivity contribution in [3.8, 4) is 17.3 Å². The van der Waals surface area contributed by atoms with Crippen LogP contribution >= 0.6 is 0 Å². The first kappa shape index (κ1) is 24.6. The predicted molar refractivity (Wildman–Crippen MR) is 115 cm³/mol. The number of amides is 1. The molecule has 1 amide bonds. The second kappa shape index (κ2) is 9.96. The molecule has 0 spiro atoms. The van der Waals surface area contributed by atoms with Crippen LogP contribution in [-0.2, 0) is 0 Å². The zero-order chi connectivity index (χ0) is 25.2. The van der Waals surface area contributed by atoms with Gasteiger partial charge in [-0.25, -0.2) is 22.5 Å². The highest BCUT2D eigenvalue weighted by Crippen LogP contribution is 2.44. The van der Waals surface area contributed by atoms with Crippen LogP contribution in [0, 0.1) is 17.0 Å². The summed E-state index contributed by atoms with van der Waals surface area (Å²) in [5, 5.41) is 16.0. The van der Waals surface area contributed by atoms with Crippen LogP contribution in [0.4, 0.5) is 17.6 Å². The number of aromatic nitrogens is 4. The zero-order valence-corrected chi connectivity index (χ0v) is 18.8. The Hall–Kier alpha value is -3.57. The van der Waals surface area contributed by atoms with E-state index in [-0.39, 0.29) is 28.5 Å². The van der Waals surface area contributed by atoms with Crippen molar-refractivity contribution in [1.82, 2.24) is 25.4 Å². The number of phenols is 1. The van der Waals surface area contributed by atoms with Crippen molar-refractivity contribution >= 4 is 5.91 Å². The van der Waals surface area contributed by atoms with Crippen molar-refractivity contribution in [2.75, 3.05) is 6.54 Å². The molecule has 12 heteroatoms. The van der Waals surface area contributed by atoms with E-state index in [1.807, 2.05) is 6.92 Å². The summed E-state index contributed by atoms with van der Waals surface area (Å²) in [5.74, 6) is -3.54. The summed E-state index contributed by atoms with van der Waals surface area (Å²) in [6.07, 6.45) is 3.14. The fourth-order valence-electron chi connectivity index (χ4n) is 4.28. The maximum absolute atomic E-state index is 13.6. The Kier molecular flexibility index (Phi) is 6.99. The Morgan fingerprint density at radius 3 is 2.46 bits per heavy atom. The van der Waals surface area contributed by atoms with E-state index in [1.165, 1.54) is 0 Å². The van der Waals surface area contributed by atoms with Gasteiger partial charge in [0.1, 0.15) is 11.4 Å². The van der Waals surface area contributed by atoms with Crippen molar-refractivity contribution < 1.29 is 32.0 Å². The molecule has 0 atom stereocenters. The Morgan fingerprint density at radius 2 is 1.89 bits per heavy atom. The van der Waals surface area contributed by atoms with Gasteiger partial charge in [0.2, 0.25) is 0 Å². The maximum atomic E-state index is 13.6. The number of halogens is 4. The third-order valence-corrected chi connectivity index (χ3v) is 6.62. The first-order chi connectivity index (χ1) is 16.7. The number of benzene rings is 1. The summed E-state index contributed by atoms with van der Waals surface area (Å²) in [4.78, 5) is 24.3. The molecule has 186 valence electrons. The van der Waals surface area contributed by atoms with E-state index in [0.29, 0.717) is 12.4 Å². The van der Waals surface area contributed by atoms with Gasteiger partial charge in [0.25, 0.3) is 18.2 Å². The van der Waals surface area contributed by atoms with E-state index in [0.717, 1.165) is 56.6 Å². The second-order valence-electron chi connectivity index (χ2n) is 8.68. The number of hydrogen-bond acceptors (Lipinski definition) is 7. The van der Waals surface area contributed by atoms with Gasteiger partial charge in [-0.3, -0.25) is 9.78 Å². The quantitative estimate of drug-likeness (QED) is 0.449. The summed E-state index contributed by atoms with van der Waals surface area (Å²) in [6, 6.07) is 1.59. The summed E-state index contributed by atoms with van der Waals surface area (Å²) in [7, 11) is 0. The SMILES string of the molecule is CCC1(CNC(=O)c2cc(F)c(O)c(F)c2)CCC(c2noc(-c3cnc(C(F)F)cn3)n2)CC1. The number of aromatic hydroxyl groups is 1. The Morgan fingerprint density at radius 1 is 1.20 bits per heavy atom. The van der Waals surface area contributed by atoms with Crippen molar-refractivity contribution in [2.24, 2.45) is 5.41 Å². The molecule has 8 nitrogen and oxygen atoms in total. The molecule has 4 rings (SSSR count). The number of alkyl halides is 2. The normalized spacial score (nSPS) is 20.2. The molecule has 1 aliphatic rings. The van der Waals surface area contributed by atoms with Gasteiger partial charge < -0.3 is 14.9 Å². The van der Waals surface area contributed by atoms with Crippen LogP contribution in [0.3, 0.4) is 0 Å². The average Bonchev–Trinajstić information content (AvgIpc) is 3.36. The molecule has 2 aromatic heterocycles. The lowest BCUT2D eigenvalue weighted by molar-refractivity contribution is 0.0896. The third-order valence-electron chi connectivity index (χ3n) is 6.62. The van der Waals surface area contributed by atoms with Gasteiger partial charge in [0.15, 0.2) is 23.2 Å². The van der Waals surface area contributed by atoms with Crippen LogP contribution in [0.2, 0.25) is 0 Å². The molecule has 35 heavy (non-hydrogen) atoms. The minimum absolute atomic E-state index is 0.0106. The average molecular weight is 493 g/mol. The summed E-state index contributed by atoms with van der Waals surface area (Å²) >= 11 is 0. The Bertz CT molecular complexity index is 1170. The molecule has 0 saturated heterocycles. The van der Waals surface area contributed by atoms with E-state index in [2.05, 4.69) is 25.4 Å². The fourth-order valence-corrected chi connectivity index (χ4v) is 4.28. The van der Waals surface area contributed by atoms with Crippen molar-refractivity contribution in [3.05, 3.63) is 53.2 Å². The van der Waals surface area contributed by atoms with E-state index < -0.39 is 35.4 Å². The highest BCUT2D eigenvalue weighted by Gasteiger charge is 2.36. The second-order valence-corrected chi connectivity index (χ2v) is 8.68. The lowest BCUT2D eigenvalue weighted by Crippen LogP contribution is -2.39. The van der Waals surface area contributed by atoms with Gasteiger partial charge in [-0.1, -0.05) is 12.1 Å². The minimum atomic E-state index is -2.72. The standard InChI is InChI=1S/C23H23F4N5O3/c1-2-23(11-30-21(34)13-7-14(24)18(33)15(25)8-13)5-3-12(4-6-23)20-31-22(35-32-20)17-10-28-16(9-29-17)19(26)27/h7-10,12,19,33H,2-6,11H2,1H3,(H,30,34). The molecule has 1 saturated carbocycles. The van der Waals surface area contributed by atoms with Crippen LogP contribution in [0.5, 0.6) is 5.75 Å². The summed E-state index contributed by atoms with van der Waals surface area (Å²) < 4.78 is 57.7. The van der Waals surface area contributed by atoms with Crippen molar-refractivity contribution in [1.29, 1.82) is 0 Å². The van der Waals surface area contributed by atoms with E-state index in [9.17, 15) is 27.5 Å². The lowest BCUT2D eigenvalue weighted by Gasteiger charge is -2.39. The van der Waals surface area contributed by atoms with Gasteiger partial charge in [-0.2, -0.15) is 4.98 Å². The van der Waals surface area contributed by atoms with Gasteiger partial charge in [-0.15, -0.1) is 0 Å². The number of nitrogens with one attached hydrogen (secondary N) is 1. The molecule has 1 fully saturated rings. The van der Waals surface area contributed by atoms with Crippen LogP contribution in [0.1, 0.15) is 73.2 Å². The predicted octanol–water partition coefficient (Wildman–Crippen LogP) is 4.93. The van der Waals surface area contributed by atoms with E-state index in [4.69, 9.17) is 4.52 Å². The number of hydrogen-bond donors (Lipinski definition) is 2. The van der Waals surface area contributed by atoms with Gasteiger partial charge >= 0.3 is 0 Å². The van der Waals surface area contributed by atoms with Crippen LogP contribution < -0.4 is 5.32 Å². The molecule has 3 aromatic rings. The van der Waals surface area contributed by atoms with E-state index in [1.54, 1.807) is 0 Å². The zero-order valence-electron chi connectivity index (χ0n) is 18.8. The summed E-state index contributed by atoms with van der Waals surface area (Å²) in [5.41, 5.74) is -0.647. The molecule has 1 aromatic carbocycles. The van der Waals surface area contributed by atoms with Gasteiger partial charge in [-0.05, 0) is 49.7 Å². The van der Waals surface area contributed by atoms with Crippen LogP contribution in [-0.4, -0.2) is 37.7 Å². The number of nitrogens with zero attached hydrogens (tertiary/aromatic N) is 4. The monoisotopic (exact) mass is 493 g/mol. The number of carbonyl (C=O) groups is 1. The van der Waals surface area contributed by atoms with Crippen molar-refractivity contribution in [3.63, 3.8) is 0 Å². The molecule has 0 aliphatic heterocycles. The van der Waals surface area contributed by atoms with Crippen LogP contribution in [0.25, 0.3) is 11.6 Å². The topological polar surface area (TPSA) is 114 Å². The molecule has 2 N–H and O–H groups in total. The highest BCUT2D eigenvalue weighted by atomic mass is 19.3. The first-order valence-corrected chi connectivity index (χ1v) is 11.1. The molecular formula is C23H23F4N5O3. The highest BCUT2D eigenvalue weighted by molar-refractivity contribution is 5.94.